The number of allylic oxidation sites excluding steroid dienone is 2. The highest BCUT2D eigenvalue weighted by Gasteiger charge is 2.53. The zero-order chi connectivity index (χ0) is 32.1. The van der Waals surface area contributed by atoms with Crippen LogP contribution in [-0.2, 0) is 5.41 Å². The second-order valence-corrected chi connectivity index (χ2v) is 13.5. The van der Waals surface area contributed by atoms with E-state index < -0.39 is 5.41 Å². The van der Waals surface area contributed by atoms with Crippen molar-refractivity contribution >= 4 is 38.0 Å². The summed E-state index contributed by atoms with van der Waals surface area (Å²) >= 11 is 0. The van der Waals surface area contributed by atoms with Crippen molar-refractivity contribution in [2.45, 2.75) is 5.41 Å². The van der Waals surface area contributed by atoms with Crippen molar-refractivity contribution in [3.8, 4) is 33.4 Å². The zero-order valence-electron chi connectivity index (χ0n) is 26.8. The van der Waals surface area contributed by atoms with Crippen LogP contribution >= 0.6 is 0 Å². The Morgan fingerprint density at radius 3 is 1.61 bits per heavy atom. The van der Waals surface area contributed by atoms with Crippen LogP contribution in [0.3, 0.4) is 0 Å². The van der Waals surface area contributed by atoms with E-state index in [2.05, 4.69) is 170 Å². The van der Waals surface area contributed by atoms with Gasteiger partial charge < -0.3 is 5.32 Å². The SMILES string of the molecule is C1=CC[N-]C(c2ccc(-c3cc4c(c5ccccc35)C3(c5ccccc5-c5ccccc53)c3c-4c4ccccc4c4ccccc34)cc2)=C1. The van der Waals surface area contributed by atoms with Crippen LogP contribution in [-0.4, -0.2) is 6.54 Å². The van der Waals surface area contributed by atoms with E-state index in [-0.39, 0.29) is 0 Å². The first-order valence-electron chi connectivity index (χ1n) is 17.2. The van der Waals surface area contributed by atoms with Crippen molar-refractivity contribution < 1.29 is 0 Å². The number of hydrogen-bond acceptors (Lipinski definition) is 0. The minimum atomic E-state index is -0.466. The molecule has 0 N–H and O–H groups in total. The Hall–Kier alpha value is -6.18. The largest absolute Gasteiger partial charge is 0.681 e. The normalized spacial score (nSPS) is 14.8. The van der Waals surface area contributed by atoms with Gasteiger partial charge in [0.2, 0.25) is 0 Å². The fourth-order valence-electron chi connectivity index (χ4n) is 9.36. The first kappa shape index (κ1) is 26.8. The average Bonchev–Trinajstić information content (AvgIpc) is 3.66. The third-order valence-electron chi connectivity index (χ3n) is 11.2. The van der Waals surface area contributed by atoms with E-state index in [1.807, 2.05) is 0 Å². The van der Waals surface area contributed by atoms with E-state index in [0.717, 1.165) is 17.8 Å². The number of benzene rings is 8. The molecule has 0 unspecified atom stereocenters. The smallest absolute Gasteiger partial charge is 0.0737 e. The first-order chi connectivity index (χ1) is 24.3. The van der Waals surface area contributed by atoms with Crippen molar-refractivity contribution in [2.24, 2.45) is 0 Å². The topological polar surface area (TPSA) is 14.1 Å². The molecule has 0 saturated carbocycles. The van der Waals surface area contributed by atoms with Crippen LogP contribution in [0, 0.1) is 0 Å². The standard InChI is InChI=1S/C48H30N/c1-4-18-37-32(13-1)33-14-2-6-20-39(33)47-45(37)41-29-40(30-24-26-31(27-25-30)44-23-11-12-28-49-44)34-15-3-5-19-38(34)46(41)48(47)42-21-9-7-16-35(42)36-17-8-10-22-43(36)48/h1-27,29H,28H2/q-1. The Balaban J connectivity index is 1.33. The second-order valence-electron chi connectivity index (χ2n) is 13.5. The van der Waals surface area contributed by atoms with Crippen LogP contribution in [0.4, 0.5) is 0 Å². The summed E-state index contributed by atoms with van der Waals surface area (Å²) in [5.74, 6) is 0. The van der Waals surface area contributed by atoms with E-state index in [9.17, 15) is 0 Å². The average molecular weight is 621 g/mol. The van der Waals surface area contributed by atoms with Gasteiger partial charge in [-0.1, -0.05) is 158 Å². The number of rotatable bonds is 2. The van der Waals surface area contributed by atoms with E-state index in [0.29, 0.717) is 0 Å². The molecule has 0 fully saturated rings. The Morgan fingerprint density at radius 1 is 0.429 bits per heavy atom. The molecule has 0 aromatic heterocycles. The molecule has 0 radical (unpaired) electrons. The third kappa shape index (κ3) is 3.44. The van der Waals surface area contributed by atoms with Crippen LogP contribution in [0.2, 0.25) is 0 Å². The summed E-state index contributed by atoms with van der Waals surface area (Å²) in [4.78, 5) is 0. The molecule has 11 rings (SSSR count). The summed E-state index contributed by atoms with van der Waals surface area (Å²) in [5.41, 5.74) is 15.1. The summed E-state index contributed by atoms with van der Waals surface area (Å²) in [5, 5.41) is 12.6. The lowest BCUT2D eigenvalue weighted by Gasteiger charge is -2.33. The molecule has 0 amide bonds. The maximum Gasteiger partial charge on any atom is 0.0737 e. The fourth-order valence-corrected chi connectivity index (χ4v) is 9.36. The lowest BCUT2D eigenvalue weighted by molar-refractivity contribution is 0.809. The summed E-state index contributed by atoms with van der Waals surface area (Å²) in [6.45, 7) is 0.735. The monoisotopic (exact) mass is 620 g/mol. The van der Waals surface area contributed by atoms with Gasteiger partial charge >= 0.3 is 0 Å². The molecule has 0 bridgehead atoms. The molecule has 8 aromatic rings. The van der Waals surface area contributed by atoms with Crippen molar-refractivity contribution in [1.29, 1.82) is 0 Å². The van der Waals surface area contributed by atoms with Gasteiger partial charge in [-0.15, -0.1) is 18.3 Å². The molecular weight excluding hydrogens is 591 g/mol. The van der Waals surface area contributed by atoms with E-state index >= 15 is 0 Å². The molecule has 1 aliphatic heterocycles. The van der Waals surface area contributed by atoms with Gasteiger partial charge in [0.15, 0.2) is 0 Å². The fraction of sp³-hybridized carbons (Fsp3) is 0.0417. The highest BCUT2D eigenvalue weighted by molar-refractivity contribution is 6.22. The first-order valence-corrected chi connectivity index (χ1v) is 17.2. The molecule has 228 valence electrons. The summed E-state index contributed by atoms with van der Waals surface area (Å²) < 4.78 is 0. The van der Waals surface area contributed by atoms with Crippen LogP contribution in [0.5, 0.6) is 0 Å². The van der Waals surface area contributed by atoms with Gasteiger partial charge in [-0.25, -0.2) is 0 Å². The second kappa shape index (κ2) is 9.92. The third-order valence-corrected chi connectivity index (χ3v) is 11.2. The molecular formula is C48H30N-. The van der Waals surface area contributed by atoms with Gasteiger partial charge in [-0.3, -0.25) is 0 Å². The molecule has 0 atom stereocenters. The molecule has 2 aliphatic carbocycles. The summed E-state index contributed by atoms with van der Waals surface area (Å²) in [7, 11) is 0. The predicted molar refractivity (Wildman–Crippen MR) is 206 cm³/mol. The molecule has 1 heteroatoms. The quantitative estimate of drug-likeness (QED) is 0.171. The molecule has 3 aliphatic rings. The lowest BCUT2D eigenvalue weighted by Crippen LogP contribution is -2.26. The highest BCUT2D eigenvalue weighted by atomic mass is 14.9. The summed E-state index contributed by atoms with van der Waals surface area (Å²) in [6, 6.07) is 57.0. The minimum absolute atomic E-state index is 0.466. The summed E-state index contributed by atoms with van der Waals surface area (Å²) in [6.07, 6.45) is 6.30. The number of nitrogens with zero attached hydrogens (tertiary/aromatic N) is 1. The van der Waals surface area contributed by atoms with Crippen molar-refractivity contribution in [1.82, 2.24) is 0 Å². The molecule has 8 aromatic carbocycles. The van der Waals surface area contributed by atoms with Crippen molar-refractivity contribution in [3.63, 3.8) is 0 Å². The molecule has 0 saturated heterocycles. The zero-order valence-corrected chi connectivity index (χ0v) is 26.8. The van der Waals surface area contributed by atoms with Gasteiger partial charge in [-0.05, 0) is 99.6 Å². The highest BCUT2D eigenvalue weighted by Crippen LogP contribution is 2.67. The Bertz CT molecular complexity index is 2710. The van der Waals surface area contributed by atoms with Gasteiger partial charge in [0.25, 0.3) is 0 Å². The number of fused-ring (bicyclic) bond motifs is 17. The van der Waals surface area contributed by atoms with E-state index in [1.165, 1.54) is 88.0 Å². The van der Waals surface area contributed by atoms with Gasteiger partial charge in [0.05, 0.1) is 5.41 Å². The predicted octanol–water partition coefficient (Wildman–Crippen LogP) is 12.4. The molecule has 1 heterocycles. The van der Waals surface area contributed by atoms with E-state index in [1.54, 1.807) is 0 Å². The van der Waals surface area contributed by atoms with E-state index in [4.69, 9.17) is 5.32 Å². The Labute approximate surface area is 285 Å². The van der Waals surface area contributed by atoms with Crippen LogP contribution < -0.4 is 0 Å². The van der Waals surface area contributed by atoms with Crippen LogP contribution in [0.1, 0.15) is 27.8 Å². The maximum absolute atomic E-state index is 4.73. The van der Waals surface area contributed by atoms with Crippen molar-refractivity contribution in [2.75, 3.05) is 6.54 Å². The Morgan fingerprint density at radius 2 is 0.959 bits per heavy atom. The lowest BCUT2D eigenvalue weighted by atomic mass is 9.68. The van der Waals surface area contributed by atoms with Gasteiger partial charge in [0, 0.05) is 0 Å². The molecule has 1 spiro atoms. The van der Waals surface area contributed by atoms with Gasteiger partial charge in [-0.2, -0.15) is 0 Å². The van der Waals surface area contributed by atoms with Gasteiger partial charge in [0.1, 0.15) is 0 Å². The minimum Gasteiger partial charge on any atom is -0.681 e. The van der Waals surface area contributed by atoms with Crippen molar-refractivity contribution in [3.05, 3.63) is 203 Å². The number of hydrogen-bond donors (Lipinski definition) is 0. The maximum atomic E-state index is 4.73. The van der Waals surface area contributed by atoms with Crippen LogP contribution in [0.15, 0.2) is 170 Å². The Kier molecular flexibility index (Phi) is 5.43. The molecule has 1 nitrogen and oxygen atoms in total. The van der Waals surface area contributed by atoms with Crippen LogP contribution in [0.25, 0.3) is 76.7 Å². The molecule has 49 heavy (non-hydrogen) atoms.